The average Bonchev–Trinajstić information content (AvgIpc) is 3.24. The molecule has 2 aliphatic heterocycles. The van der Waals surface area contributed by atoms with Gasteiger partial charge in [0.05, 0.1) is 6.61 Å². The van der Waals surface area contributed by atoms with E-state index < -0.39 is 30.4 Å². The molecule has 0 aliphatic carbocycles. The summed E-state index contributed by atoms with van der Waals surface area (Å²) in [5.41, 5.74) is 2.28. The molecule has 2 aromatic carbocycles. The van der Waals surface area contributed by atoms with Crippen LogP contribution < -0.4 is 4.74 Å². The first-order chi connectivity index (χ1) is 15.3. The van der Waals surface area contributed by atoms with Gasteiger partial charge in [-0.15, -0.1) is 0 Å². The number of hydrogen-bond acceptors (Lipinski definition) is 7. The Balaban J connectivity index is 0.00000141. The van der Waals surface area contributed by atoms with E-state index in [1.54, 1.807) is 32.0 Å². The largest absolute Gasteiger partial charge is 0.494 e. The number of rotatable bonds is 6. The highest BCUT2D eigenvalue weighted by molar-refractivity contribution is 6.31. The summed E-state index contributed by atoms with van der Waals surface area (Å²) in [6.45, 7) is 8.03. The number of ether oxygens (including phenoxy) is 4. The predicted octanol–water partition coefficient (Wildman–Crippen LogP) is 3.56. The second-order valence-electron chi connectivity index (χ2n) is 7.94. The van der Waals surface area contributed by atoms with E-state index in [0.717, 1.165) is 16.9 Å². The van der Waals surface area contributed by atoms with Crippen LogP contribution in [0.4, 0.5) is 0 Å². The Morgan fingerprint density at radius 2 is 1.84 bits per heavy atom. The lowest BCUT2D eigenvalue weighted by atomic mass is 9.97. The van der Waals surface area contributed by atoms with E-state index >= 15 is 0 Å². The van der Waals surface area contributed by atoms with Crippen molar-refractivity contribution >= 4 is 24.2 Å². The zero-order chi connectivity index (χ0) is 23.5. The first-order valence-electron chi connectivity index (χ1n) is 10.3. The number of fused-ring (bicyclic) bond motifs is 1. The number of halogens is 1. The van der Waals surface area contributed by atoms with Gasteiger partial charge in [-0.05, 0) is 68.7 Å². The van der Waals surface area contributed by atoms with Crippen molar-refractivity contribution in [2.75, 3.05) is 6.61 Å². The minimum atomic E-state index is -1.10. The van der Waals surface area contributed by atoms with Gasteiger partial charge in [0.25, 0.3) is 0 Å². The number of hydrogen-bond donors (Lipinski definition) is 1. The van der Waals surface area contributed by atoms with Gasteiger partial charge in [-0.2, -0.15) is 0 Å². The standard InChI is InChI=1S/C23H25ClO6.CH2O/c1-4-27-16-8-5-13(6-9-16)11-15-12-14(7-10-17(15)24)18(25)20-19(26)21-22(28-20)30-23(2,3)29-21;1-2/h5-10,12,19-22,26H,4,11H2,1-3H3;1H2/t19-,20+,21+,22+;/m1./s1. The predicted molar refractivity (Wildman–Crippen MR) is 118 cm³/mol. The van der Waals surface area contributed by atoms with Crippen molar-refractivity contribution in [3.05, 3.63) is 64.2 Å². The van der Waals surface area contributed by atoms with Crippen molar-refractivity contribution in [1.82, 2.24) is 0 Å². The minimum Gasteiger partial charge on any atom is -0.494 e. The molecule has 0 aromatic heterocycles. The topological polar surface area (TPSA) is 91.3 Å². The highest BCUT2D eigenvalue weighted by Gasteiger charge is 2.56. The average molecular weight is 463 g/mol. The number of aliphatic hydroxyl groups is 1. The van der Waals surface area contributed by atoms with E-state index in [4.69, 9.17) is 35.3 Å². The third-order valence-corrected chi connectivity index (χ3v) is 5.60. The number of Topliss-reactive ketones (excluding diaryl/α,β-unsaturated/α-hetero) is 1. The molecule has 32 heavy (non-hydrogen) atoms. The SMILES string of the molecule is C=O.CCOc1ccc(Cc2cc(C(=O)[C@@H]3O[C@H]4OC(C)(C)O[C@H]4[C@@H]3O)ccc2Cl)cc1. The molecule has 0 bridgehead atoms. The van der Waals surface area contributed by atoms with Gasteiger partial charge in [0.2, 0.25) is 0 Å². The maximum absolute atomic E-state index is 13.0. The van der Waals surface area contributed by atoms with Crippen molar-refractivity contribution in [2.45, 2.75) is 57.6 Å². The molecule has 2 aliphatic rings. The molecule has 0 radical (unpaired) electrons. The molecule has 2 saturated heterocycles. The fraction of sp³-hybridized carbons (Fsp3) is 0.417. The molecule has 2 heterocycles. The zero-order valence-corrected chi connectivity index (χ0v) is 19.0. The molecular weight excluding hydrogens is 436 g/mol. The summed E-state index contributed by atoms with van der Waals surface area (Å²) in [5.74, 6) is -0.372. The van der Waals surface area contributed by atoms with Crippen LogP contribution >= 0.6 is 11.6 Å². The van der Waals surface area contributed by atoms with E-state index in [9.17, 15) is 9.90 Å². The molecule has 0 unspecified atom stereocenters. The molecule has 4 atom stereocenters. The highest BCUT2D eigenvalue weighted by atomic mass is 35.5. The van der Waals surface area contributed by atoms with Crippen molar-refractivity contribution in [1.29, 1.82) is 0 Å². The molecule has 0 amide bonds. The summed E-state index contributed by atoms with van der Waals surface area (Å²) in [5, 5.41) is 11.1. The van der Waals surface area contributed by atoms with Crippen LogP contribution in [0, 0.1) is 0 Å². The molecule has 2 aromatic rings. The maximum Gasteiger partial charge on any atom is 0.194 e. The molecule has 0 spiro atoms. The Kier molecular flexibility index (Phi) is 7.69. The Hall–Kier alpha value is -2.29. The molecular formula is C24H27ClO7. The van der Waals surface area contributed by atoms with Crippen LogP contribution in [0.25, 0.3) is 0 Å². The van der Waals surface area contributed by atoms with E-state index in [1.807, 2.05) is 38.0 Å². The molecule has 4 rings (SSSR count). The Morgan fingerprint density at radius 3 is 2.47 bits per heavy atom. The fourth-order valence-corrected chi connectivity index (χ4v) is 4.01. The minimum absolute atomic E-state index is 0.327. The van der Waals surface area contributed by atoms with Crippen LogP contribution in [0.15, 0.2) is 42.5 Å². The summed E-state index contributed by atoms with van der Waals surface area (Å²) in [6, 6.07) is 12.8. The van der Waals surface area contributed by atoms with E-state index in [-0.39, 0.29) is 5.78 Å². The van der Waals surface area contributed by atoms with E-state index in [0.29, 0.717) is 23.6 Å². The second-order valence-corrected chi connectivity index (χ2v) is 8.35. The van der Waals surface area contributed by atoms with Gasteiger partial charge in [0.1, 0.15) is 24.7 Å². The number of benzene rings is 2. The summed E-state index contributed by atoms with van der Waals surface area (Å²) in [4.78, 5) is 21.0. The van der Waals surface area contributed by atoms with Crippen LogP contribution in [-0.4, -0.2) is 54.7 Å². The van der Waals surface area contributed by atoms with Gasteiger partial charge in [-0.3, -0.25) is 4.79 Å². The first kappa shape index (κ1) is 24.4. The van der Waals surface area contributed by atoms with Crippen molar-refractivity contribution < 1.29 is 33.6 Å². The van der Waals surface area contributed by atoms with Crippen LogP contribution in [0.3, 0.4) is 0 Å². The lowest BCUT2D eigenvalue weighted by Crippen LogP contribution is -2.38. The maximum atomic E-state index is 13.0. The van der Waals surface area contributed by atoms with Gasteiger partial charge in [-0.25, -0.2) is 0 Å². The first-order valence-corrected chi connectivity index (χ1v) is 10.7. The molecule has 0 saturated carbocycles. The zero-order valence-electron chi connectivity index (χ0n) is 18.2. The summed E-state index contributed by atoms with van der Waals surface area (Å²) < 4.78 is 22.4. The summed E-state index contributed by atoms with van der Waals surface area (Å²) in [7, 11) is 0. The molecule has 2 fully saturated rings. The molecule has 8 heteroatoms. The summed E-state index contributed by atoms with van der Waals surface area (Å²) >= 11 is 6.37. The van der Waals surface area contributed by atoms with Gasteiger partial charge >= 0.3 is 0 Å². The van der Waals surface area contributed by atoms with Crippen LogP contribution in [-0.2, 0) is 25.4 Å². The number of ketones is 1. The second kappa shape index (κ2) is 10.1. The van der Waals surface area contributed by atoms with Gasteiger partial charge in [0.15, 0.2) is 24.0 Å². The van der Waals surface area contributed by atoms with Crippen LogP contribution in [0.2, 0.25) is 5.02 Å². The fourth-order valence-electron chi connectivity index (χ4n) is 3.83. The van der Waals surface area contributed by atoms with Gasteiger partial charge < -0.3 is 28.8 Å². The lowest BCUT2D eigenvalue weighted by molar-refractivity contribution is -0.208. The van der Waals surface area contributed by atoms with Crippen molar-refractivity contribution in [2.24, 2.45) is 0 Å². The molecule has 172 valence electrons. The molecule has 1 N–H and O–H groups in total. The third kappa shape index (κ3) is 5.19. The number of carbonyl (C=O) groups is 2. The normalized spacial score (nSPS) is 25.5. The highest BCUT2D eigenvalue weighted by Crippen LogP contribution is 2.38. The van der Waals surface area contributed by atoms with Crippen molar-refractivity contribution in [3.63, 3.8) is 0 Å². The number of aliphatic hydroxyl groups excluding tert-OH is 1. The monoisotopic (exact) mass is 462 g/mol. The van der Waals surface area contributed by atoms with Crippen molar-refractivity contribution in [3.8, 4) is 5.75 Å². The number of carbonyl (C=O) groups excluding carboxylic acids is 2. The van der Waals surface area contributed by atoms with Gasteiger partial charge in [-0.1, -0.05) is 23.7 Å². The van der Waals surface area contributed by atoms with Crippen LogP contribution in [0.1, 0.15) is 42.3 Å². The molecule has 7 nitrogen and oxygen atoms in total. The Bertz CT molecular complexity index is 944. The quantitative estimate of drug-likeness (QED) is 0.656. The van der Waals surface area contributed by atoms with Crippen LogP contribution in [0.5, 0.6) is 5.75 Å². The van der Waals surface area contributed by atoms with E-state index in [1.165, 1.54) is 0 Å². The summed E-state index contributed by atoms with van der Waals surface area (Å²) in [6.07, 6.45) is -3.04. The Morgan fingerprint density at radius 1 is 1.16 bits per heavy atom. The lowest BCUT2D eigenvalue weighted by Gasteiger charge is -2.22. The smallest absolute Gasteiger partial charge is 0.194 e. The Labute approximate surface area is 192 Å². The van der Waals surface area contributed by atoms with E-state index in [2.05, 4.69) is 0 Å². The third-order valence-electron chi connectivity index (χ3n) is 5.23. The van der Waals surface area contributed by atoms with Gasteiger partial charge in [0, 0.05) is 10.6 Å².